The number of rotatable bonds is 6. The Morgan fingerprint density at radius 2 is 2.10 bits per heavy atom. The maximum atomic E-state index is 12.3. The van der Waals surface area contributed by atoms with Crippen LogP contribution in [0.1, 0.15) is 30.6 Å². The Labute approximate surface area is 142 Å². The molecule has 0 spiro atoms. The number of anilines is 1. The minimum atomic E-state index is -0.334. The van der Waals surface area contributed by atoms with Crippen molar-refractivity contribution in [3.63, 3.8) is 0 Å². The van der Waals surface area contributed by atoms with E-state index < -0.39 is 0 Å². The predicted molar refractivity (Wildman–Crippen MR) is 91.9 cm³/mol. The van der Waals surface area contributed by atoms with E-state index in [2.05, 4.69) is 33.2 Å². The number of amides is 1. The highest BCUT2D eigenvalue weighted by molar-refractivity contribution is 14.1. The van der Waals surface area contributed by atoms with Crippen LogP contribution >= 0.6 is 34.2 Å². The van der Waals surface area contributed by atoms with Crippen molar-refractivity contribution < 1.29 is 14.3 Å². The molecule has 0 heterocycles. The standard InChI is InChI=1S/C14H18ClIN2O3/c1-4-21-12(19)5-8(2)18-14(20)10-6-9(16)7-11(15)13(10)17-3/h6-8,17H,4-5H2,1-3H3,(H,18,20)/t8-/m0/s1. The van der Waals surface area contributed by atoms with Crippen molar-refractivity contribution in [2.24, 2.45) is 0 Å². The fourth-order valence-electron chi connectivity index (χ4n) is 1.83. The van der Waals surface area contributed by atoms with Gasteiger partial charge in [0, 0.05) is 16.7 Å². The summed E-state index contributed by atoms with van der Waals surface area (Å²) in [6, 6.07) is 3.19. The van der Waals surface area contributed by atoms with Gasteiger partial charge in [-0.3, -0.25) is 9.59 Å². The smallest absolute Gasteiger partial charge is 0.307 e. The molecule has 1 aromatic rings. The number of carbonyl (C=O) groups is 2. The molecule has 0 unspecified atom stereocenters. The number of nitrogens with one attached hydrogen (secondary N) is 2. The summed E-state index contributed by atoms with van der Waals surface area (Å²) in [7, 11) is 1.70. The molecule has 1 aromatic carbocycles. The molecule has 0 bridgehead atoms. The molecular formula is C14H18ClIN2O3. The molecule has 1 rings (SSSR count). The molecule has 5 nitrogen and oxygen atoms in total. The van der Waals surface area contributed by atoms with Gasteiger partial charge in [0.15, 0.2) is 0 Å². The van der Waals surface area contributed by atoms with E-state index in [0.29, 0.717) is 22.9 Å². The molecular weight excluding hydrogens is 407 g/mol. The Morgan fingerprint density at radius 3 is 2.67 bits per heavy atom. The number of hydrogen-bond donors (Lipinski definition) is 2. The number of halogens is 2. The monoisotopic (exact) mass is 424 g/mol. The van der Waals surface area contributed by atoms with Gasteiger partial charge in [0.2, 0.25) is 0 Å². The van der Waals surface area contributed by atoms with Crippen LogP contribution < -0.4 is 10.6 Å². The van der Waals surface area contributed by atoms with Crippen LogP contribution in [0.25, 0.3) is 0 Å². The molecule has 116 valence electrons. The minimum Gasteiger partial charge on any atom is -0.466 e. The minimum absolute atomic E-state index is 0.131. The van der Waals surface area contributed by atoms with Gasteiger partial charge in [-0.05, 0) is 48.6 Å². The average molecular weight is 425 g/mol. The quantitative estimate of drug-likeness (QED) is 0.544. The van der Waals surface area contributed by atoms with Crippen molar-refractivity contribution in [3.05, 3.63) is 26.3 Å². The van der Waals surface area contributed by atoms with Crippen molar-refractivity contribution in [3.8, 4) is 0 Å². The number of hydrogen-bond acceptors (Lipinski definition) is 4. The van der Waals surface area contributed by atoms with Crippen molar-refractivity contribution in [2.75, 3.05) is 19.0 Å². The van der Waals surface area contributed by atoms with Gasteiger partial charge >= 0.3 is 5.97 Å². The normalized spacial score (nSPS) is 11.7. The van der Waals surface area contributed by atoms with Crippen LogP contribution in [0.2, 0.25) is 5.02 Å². The first-order valence-corrected chi connectivity index (χ1v) is 7.98. The van der Waals surface area contributed by atoms with Crippen molar-refractivity contribution in [1.29, 1.82) is 0 Å². The van der Waals surface area contributed by atoms with E-state index in [1.54, 1.807) is 33.0 Å². The van der Waals surface area contributed by atoms with E-state index in [4.69, 9.17) is 16.3 Å². The third kappa shape index (κ3) is 5.35. The average Bonchev–Trinajstić information content (AvgIpc) is 2.37. The van der Waals surface area contributed by atoms with E-state index in [1.807, 2.05) is 0 Å². The summed E-state index contributed by atoms with van der Waals surface area (Å²) in [6.07, 6.45) is 0.131. The van der Waals surface area contributed by atoms with Gasteiger partial charge in [0.1, 0.15) is 0 Å². The molecule has 0 aliphatic rings. The van der Waals surface area contributed by atoms with Gasteiger partial charge in [0.05, 0.1) is 29.3 Å². The summed E-state index contributed by atoms with van der Waals surface area (Å²) in [5.41, 5.74) is 1.02. The van der Waals surface area contributed by atoms with Crippen LogP contribution in [0.3, 0.4) is 0 Å². The first-order valence-electron chi connectivity index (χ1n) is 6.52. The van der Waals surface area contributed by atoms with Gasteiger partial charge in [-0.25, -0.2) is 0 Å². The summed E-state index contributed by atoms with van der Waals surface area (Å²) >= 11 is 8.22. The first kappa shape index (κ1) is 18.0. The fraction of sp³-hybridized carbons (Fsp3) is 0.429. The number of ether oxygens (including phenoxy) is 1. The van der Waals surface area contributed by atoms with Gasteiger partial charge in [-0.2, -0.15) is 0 Å². The van der Waals surface area contributed by atoms with Crippen LogP contribution in [-0.4, -0.2) is 31.6 Å². The Balaban J connectivity index is 2.82. The zero-order valence-corrected chi connectivity index (χ0v) is 15.0. The van der Waals surface area contributed by atoms with Crippen molar-refractivity contribution in [2.45, 2.75) is 26.3 Å². The maximum absolute atomic E-state index is 12.3. The summed E-state index contributed by atoms with van der Waals surface area (Å²) in [5.74, 6) is -0.614. The number of benzene rings is 1. The zero-order chi connectivity index (χ0) is 16.0. The number of esters is 1. The van der Waals surface area contributed by atoms with Crippen LogP contribution in [0.4, 0.5) is 5.69 Å². The van der Waals surface area contributed by atoms with Crippen molar-refractivity contribution >= 4 is 51.8 Å². The highest BCUT2D eigenvalue weighted by atomic mass is 127. The van der Waals surface area contributed by atoms with Gasteiger partial charge in [-0.15, -0.1) is 0 Å². The summed E-state index contributed by atoms with van der Waals surface area (Å²) in [5, 5.41) is 6.17. The fourth-order valence-corrected chi connectivity index (χ4v) is 2.95. The first-order chi connectivity index (χ1) is 9.88. The van der Waals surface area contributed by atoms with Crippen LogP contribution in [0.15, 0.2) is 12.1 Å². The molecule has 0 aliphatic heterocycles. The van der Waals surface area contributed by atoms with E-state index in [1.165, 1.54) is 0 Å². The third-order valence-electron chi connectivity index (χ3n) is 2.71. The van der Waals surface area contributed by atoms with E-state index in [-0.39, 0.29) is 24.3 Å². The molecule has 1 amide bonds. The molecule has 0 aromatic heterocycles. The molecule has 1 atom stereocenters. The SMILES string of the molecule is CCOC(=O)C[C@H](C)NC(=O)c1cc(I)cc(Cl)c1NC. The van der Waals surface area contributed by atoms with Crippen LogP contribution in [0, 0.1) is 3.57 Å². The lowest BCUT2D eigenvalue weighted by molar-refractivity contribution is -0.143. The van der Waals surface area contributed by atoms with E-state index in [9.17, 15) is 9.59 Å². The lowest BCUT2D eigenvalue weighted by atomic mass is 10.1. The van der Waals surface area contributed by atoms with E-state index in [0.717, 1.165) is 3.57 Å². The summed E-state index contributed by atoms with van der Waals surface area (Å²) < 4.78 is 5.72. The highest BCUT2D eigenvalue weighted by Gasteiger charge is 2.18. The zero-order valence-electron chi connectivity index (χ0n) is 12.1. The lowest BCUT2D eigenvalue weighted by Gasteiger charge is -2.16. The Hall–Kier alpha value is -1.02. The molecule has 0 saturated heterocycles. The molecule has 0 saturated carbocycles. The predicted octanol–water partition coefficient (Wildman–Crippen LogP) is 3.06. The van der Waals surface area contributed by atoms with E-state index >= 15 is 0 Å². The highest BCUT2D eigenvalue weighted by Crippen LogP contribution is 2.28. The summed E-state index contributed by atoms with van der Waals surface area (Å²) in [6.45, 7) is 3.83. The van der Waals surface area contributed by atoms with Crippen LogP contribution in [0.5, 0.6) is 0 Å². The molecule has 21 heavy (non-hydrogen) atoms. The van der Waals surface area contributed by atoms with Crippen molar-refractivity contribution in [1.82, 2.24) is 5.32 Å². The van der Waals surface area contributed by atoms with Gasteiger partial charge in [0.25, 0.3) is 5.91 Å². The Bertz CT molecular complexity index is 537. The summed E-state index contributed by atoms with van der Waals surface area (Å²) in [4.78, 5) is 23.7. The molecule has 0 radical (unpaired) electrons. The second kappa shape index (κ2) is 8.43. The third-order valence-corrected chi connectivity index (χ3v) is 3.63. The largest absolute Gasteiger partial charge is 0.466 e. The van der Waals surface area contributed by atoms with Gasteiger partial charge < -0.3 is 15.4 Å². The molecule has 0 aliphatic carbocycles. The topological polar surface area (TPSA) is 67.4 Å². The Morgan fingerprint density at radius 1 is 1.43 bits per heavy atom. The van der Waals surface area contributed by atoms with Gasteiger partial charge in [-0.1, -0.05) is 11.6 Å². The maximum Gasteiger partial charge on any atom is 0.307 e. The second-order valence-electron chi connectivity index (χ2n) is 4.44. The number of carbonyl (C=O) groups excluding carboxylic acids is 2. The molecule has 0 fully saturated rings. The Kier molecular flexibility index (Phi) is 7.24. The lowest BCUT2D eigenvalue weighted by Crippen LogP contribution is -2.35. The van der Waals surface area contributed by atoms with Crippen LogP contribution in [-0.2, 0) is 9.53 Å². The molecule has 2 N–H and O–H groups in total. The molecule has 7 heteroatoms. The second-order valence-corrected chi connectivity index (χ2v) is 6.10.